The van der Waals surface area contributed by atoms with E-state index in [-0.39, 0.29) is 6.61 Å². The van der Waals surface area contributed by atoms with Crippen molar-refractivity contribution in [2.75, 3.05) is 40.1 Å². The van der Waals surface area contributed by atoms with Gasteiger partial charge in [0.1, 0.15) is 17.4 Å². The van der Waals surface area contributed by atoms with Crippen LogP contribution in [0.1, 0.15) is 11.9 Å². The summed E-state index contributed by atoms with van der Waals surface area (Å²) in [5.41, 5.74) is 0.768. The molecule has 0 saturated carbocycles. The lowest BCUT2D eigenvalue weighted by molar-refractivity contribution is -0.0108. The molecule has 0 aliphatic carbocycles. The Morgan fingerprint density at radius 2 is 1.85 bits per heavy atom. The largest absolute Gasteiger partial charge is 0.458 e. The van der Waals surface area contributed by atoms with Gasteiger partial charge in [0.05, 0.1) is 33.0 Å². The van der Waals surface area contributed by atoms with Gasteiger partial charge in [0, 0.05) is 12.5 Å². The van der Waals surface area contributed by atoms with Gasteiger partial charge in [-0.2, -0.15) is 0 Å². The average Bonchev–Trinajstić information content (AvgIpc) is 2.90. The predicted octanol–water partition coefficient (Wildman–Crippen LogP) is 2.15. The number of fused-ring (bicyclic) bond motifs is 1. The van der Waals surface area contributed by atoms with Gasteiger partial charge in [-0.15, -0.1) is 0 Å². The molecule has 1 heterocycles. The maximum Gasteiger partial charge on any atom is 0.136 e. The Bertz CT molecular complexity index is 475. The van der Waals surface area contributed by atoms with Crippen molar-refractivity contribution >= 4 is 11.0 Å². The third-order valence-electron chi connectivity index (χ3n) is 2.85. The molecule has 0 fully saturated rings. The van der Waals surface area contributed by atoms with Crippen LogP contribution in [-0.2, 0) is 14.2 Å². The topological polar surface area (TPSA) is 61.1 Å². The van der Waals surface area contributed by atoms with Gasteiger partial charge in [0.2, 0.25) is 0 Å². The highest BCUT2D eigenvalue weighted by molar-refractivity contribution is 5.77. The number of aliphatic hydroxyl groups excluding tert-OH is 1. The van der Waals surface area contributed by atoms with Crippen LogP contribution in [0, 0.1) is 0 Å². The molecule has 110 valence electrons. The third-order valence-corrected chi connectivity index (χ3v) is 2.85. The van der Waals surface area contributed by atoms with Crippen LogP contribution in [-0.4, -0.2) is 45.3 Å². The Hall–Kier alpha value is -1.40. The molecule has 20 heavy (non-hydrogen) atoms. The van der Waals surface area contributed by atoms with Crippen LogP contribution in [0.2, 0.25) is 0 Å². The fourth-order valence-corrected chi connectivity index (χ4v) is 1.81. The molecule has 1 N–H and O–H groups in total. The first-order valence-corrected chi connectivity index (χ1v) is 6.62. The van der Waals surface area contributed by atoms with Gasteiger partial charge in [0.15, 0.2) is 0 Å². The van der Waals surface area contributed by atoms with E-state index in [1.165, 1.54) is 0 Å². The van der Waals surface area contributed by atoms with Crippen LogP contribution < -0.4 is 0 Å². The molecular formula is C15H20O5. The molecule has 0 bridgehead atoms. The summed E-state index contributed by atoms with van der Waals surface area (Å²) in [4.78, 5) is 0. The van der Waals surface area contributed by atoms with Crippen molar-refractivity contribution in [2.24, 2.45) is 0 Å². The highest BCUT2D eigenvalue weighted by Gasteiger charge is 2.13. The normalized spacial score (nSPS) is 12.9. The summed E-state index contributed by atoms with van der Waals surface area (Å²) in [5.74, 6) is 0.520. The molecular weight excluding hydrogens is 260 g/mol. The van der Waals surface area contributed by atoms with E-state index < -0.39 is 6.10 Å². The van der Waals surface area contributed by atoms with E-state index in [1.54, 1.807) is 7.11 Å². The first-order valence-electron chi connectivity index (χ1n) is 6.62. The van der Waals surface area contributed by atoms with E-state index in [0.29, 0.717) is 32.2 Å². The number of methoxy groups -OCH3 is 1. The molecule has 2 aromatic rings. The number of para-hydroxylation sites is 1. The van der Waals surface area contributed by atoms with Gasteiger partial charge in [-0.1, -0.05) is 18.2 Å². The van der Waals surface area contributed by atoms with Gasteiger partial charge in [-0.3, -0.25) is 0 Å². The monoisotopic (exact) mass is 280 g/mol. The van der Waals surface area contributed by atoms with Crippen LogP contribution in [0.4, 0.5) is 0 Å². The molecule has 0 aliphatic rings. The number of rotatable bonds is 9. The molecule has 1 aromatic carbocycles. The summed E-state index contributed by atoms with van der Waals surface area (Å²) in [5, 5.41) is 11.0. The lowest BCUT2D eigenvalue weighted by Crippen LogP contribution is -2.12. The van der Waals surface area contributed by atoms with Gasteiger partial charge in [-0.05, 0) is 12.1 Å². The molecule has 2 rings (SSSR count). The molecule has 0 amide bonds. The molecule has 0 spiro atoms. The number of hydrogen-bond acceptors (Lipinski definition) is 5. The van der Waals surface area contributed by atoms with E-state index in [4.69, 9.17) is 18.6 Å². The molecule has 1 unspecified atom stereocenters. The van der Waals surface area contributed by atoms with E-state index >= 15 is 0 Å². The minimum atomic E-state index is -0.763. The van der Waals surface area contributed by atoms with Crippen molar-refractivity contribution in [1.29, 1.82) is 0 Å². The number of furan rings is 1. The second-order valence-corrected chi connectivity index (χ2v) is 4.38. The molecule has 0 saturated heterocycles. The maximum absolute atomic E-state index is 9.98. The number of benzene rings is 1. The average molecular weight is 280 g/mol. The minimum absolute atomic E-state index is 0.188. The Labute approximate surface area is 118 Å². The smallest absolute Gasteiger partial charge is 0.136 e. The third kappa shape index (κ3) is 4.31. The Morgan fingerprint density at radius 3 is 2.65 bits per heavy atom. The highest BCUT2D eigenvalue weighted by atomic mass is 16.5. The Kier molecular flexibility index (Phi) is 6.01. The lowest BCUT2D eigenvalue weighted by atomic mass is 10.2. The molecule has 0 radical (unpaired) electrons. The van der Waals surface area contributed by atoms with Gasteiger partial charge in [-0.25, -0.2) is 0 Å². The standard InChI is InChI=1S/C15H20O5/c1-17-6-7-18-8-9-19-11-13(16)15-10-12-4-2-3-5-14(12)20-15/h2-5,10,13,16H,6-9,11H2,1H3. The van der Waals surface area contributed by atoms with E-state index in [1.807, 2.05) is 30.3 Å². The first-order chi connectivity index (χ1) is 9.81. The summed E-state index contributed by atoms with van der Waals surface area (Å²) in [6, 6.07) is 9.48. The number of aliphatic hydroxyl groups is 1. The molecule has 1 atom stereocenters. The van der Waals surface area contributed by atoms with Crippen LogP contribution in [0.5, 0.6) is 0 Å². The van der Waals surface area contributed by atoms with Crippen molar-refractivity contribution in [3.63, 3.8) is 0 Å². The quantitative estimate of drug-likeness (QED) is 0.713. The summed E-state index contributed by atoms with van der Waals surface area (Å²) in [6.07, 6.45) is -0.763. The summed E-state index contributed by atoms with van der Waals surface area (Å²) in [7, 11) is 1.63. The van der Waals surface area contributed by atoms with Crippen molar-refractivity contribution < 1.29 is 23.7 Å². The van der Waals surface area contributed by atoms with Crippen molar-refractivity contribution in [3.05, 3.63) is 36.1 Å². The summed E-state index contributed by atoms with van der Waals surface area (Å²) >= 11 is 0. The lowest BCUT2D eigenvalue weighted by Gasteiger charge is -2.09. The highest BCUT2D eigenvalue weighted by Crippen LogP contribution is 2.23. The number of hydrogen-bond donors (Lipinski definition) is 1. The maximum atomic E-state index is 9.98. The Balaban J connectivity index is 1.70. The SMILES string of the molecule is COCCOCCOCC(O)c1cc2ccccc2o1. The van der Waals surface area contributed by atoms with Crippen LogP contribution in [0.3, 0.4) is 0 Å². The fraction of sp³-hybridized carbons (Fsp3) is 0.467. The van der Waals surface area contributed by atoms with E-state index in [9.17, 15) is 5.11 Å². The second kappa shape index (κ2) is 8.01. The van der Waals surface area contributed by atoms with E-state index in [0.717, 1.165) is 11.0 Å². The fourth-order valence-electron chi connectivity index (χ4n) is 1.81. The molecule has 5 nitrogen and oxygen atoms in total. The van der Waals surface area contributed by atoms with Crippen molar-refractivity contribution in [3.8, 4) is 0 Å². The first kappa shape index (κ1) is 15.0. The van der Waals surface area contributed by atoms with Crippen molar-refractivity contribution in [2.45, 2.75) is 6.10 Å². The zero-order valence-electron chi connectivity index (χ0n) is 11.6. The van der Waals surface area contributed by atoms with Crippen LogP contribution in [0.15, 0.2) is 34.7 Å². The zero-order chi connectivity index (χ0) is 14.2. The van der Waals surface area contributed by atoms with Crippen LogP contribution >= 0.6 is 0 Å². The molecule has 1 aromatic heterocycles. The summed E-state index contributed by atoms with van der Waals surface area (Å²) in [6.45, 7) is 2.22. The van der Waals surface area contributed by atoms with Crippen molar-refractivity contribution in [1.82, 2.24) is 0 Å². The van der Waals surface area contributed by atoms with Gasteiger partial charge < -0.3 is 23.7 Å². The van der Waals surface area contributed by atoms with Crippen LogP contribution in [0.25, 0.3) is 11.0 Å². The predicted molar refractivity (Wildman–Crippen MR) is 74.7 cm³/mol. The van der Waals surface area contributed by atoms with Gasteiger partial charge in [0.25, 0.3) is 0 Å². The van der Waals surface area contributed by atoms with E-state index in [2.05, 4.69) is 0 Å². The summed E-state index contributed by atoms with van der Waals surface area (Å²) < 4.78 is 21.0. The Morgan fingerprint density at radius 1 is 1.10 bits per heavy atom. The zero-order valence-corrected chi connectivity index (χ0v) is 11.6. The minimum Gasteiger partial charge on any atom is -0.458 e. The second-order valence-electron chi connectivity index (χ2n) is 4.38. The van der Waals surface area contributed by atoms with Gasteiger partial charge >= 0.3 is 0 Å². The number of ether oxygens (including phenoxy) is 3. The molecule has 5 heteroatoms. The molecule has 0 aliphatic heterocycles.